The third-order valence-corrected chi connectivity index (χ3v) is 2.85. The maximum atomic E-state index is 5.72. The summed E-state index contributed by atoms with van der Waals surface area (Å²) in [5.74, 6) is 4.43. The van der Waals surface area contributed by atoms with Crippen molar-refractivity contribution in [2.75, 3.05) is 0 Å². The van der Waals surface area contributed by atoms with Gasteiger partial charge in [-0.05, 0) is 81.1 Å². The monoisotopic (exact) mass is 401 g/mol. The van der Waals surface area contributed by atoms with Crippen molar-refractivity contribution in [2.24, 2.45) is 0 Å². The van der Waals surface area contributed by atoms with Crippen molar-refractivity contribution in [3.63, 3.8) is 0 Å². The first-order chi connectivity index (χ1) is 12.6. The maximum Gasteiger partial charge on any atom is 0.322 e. The zero-order chi connectivity index (χ0) is 22.1. The quantitative estimate of drug-likeness (QED) is 0.154. The van der Waals surface area contributed by atoms with Crippen LogP contribution in [0.2, 0.25) is 0 Å². The van der Waals surface area contributed by atoms with Crippen molar-refractivity contribution in [3.8, 4) is 11.8 Å². The van der Waals surface area contributed by atoms with Crippen LogP contribution < -0.4 is 0 Å². The van der Waals surface area contributed by atoms with Gasteiger partial charge in [0.1, 0.15) is 0 Å². The summed E-state index contributed by atoms with van der Waals surface area (Å²) < 4.78 is 0. The molecule has 1 atom stereocenters. The minimum atomic E-state index is -1.67. The molecule has 0 N–H and O–H groups in total. The molecule has 0 saturated carbocycles. The molecule has 28 heavy (non-hydrogen) atoms. The SMILES string of the molecule is [CH2]CC(OOC(C)(C)C)C(C#CCCCC)(OOC(C)(C)C)OOC(C)(C)C. The molecule has 165 valence electrons. The fourth-order valence-electron chi connectivity index (χ4n) is 1.57. The molecular formula is C22H41O6. The second-order valence-electron chi connectivity index (χ2n) is 9.70. The van der Waals surface area contributed by atoms with Crippen molar-refractivity contribution in [1.29, 1.82) is 0 Å². The summed E-state index contributed by atoms with van der Waals surface area (Å²) in [7, 11) is 0. The van der Waals surface area contributed by atoms with Gasteiger partial charge in [-0.1, -0.05) is 26.2 Å². The molecule has 0 aliphatic heterocycles. The van der Waals surface area contributed by atoms with E-state index >= 15 is 0 Å². The Morgan fingerprint density at radius 3 is 1.57 bits per heavy atom. The molecule has 0 fully saturated rings. The van der Waals surface area contributed by atoms with E-state index in [0.717, 1.165) is 12.8 Å². The Balaban J connectivity index is 5.87. The Morgan fingerprint density at radius 1 is 0.750 bits per heavy atom. The third kappa shape index (κ3) is 12.7. The molecule has 1 unspecified atom stereocenters. The smallest absolute Gasteiger partial charge is 0.230 e. The Bertz CT molecular complexity index is 466. The second-order valence-corrected chi connectivity index (χ2v) is 9.70. The van der Waals surface area contributed by atoms with Gasteiger partial charge < -0.3 is 0 Å². The first-order valence-corrected chi connectivity index (χ1v) is 10.0. The van der Waals surface area contributed by atoms with Gasteiger partial charge in [0.25, 0.3) is 0 Å². The van der Waals surface area contributed by atoms with Crippen LogP contribution in [0.4, 0.5) is 0 Å². The van der Waals surface area contributed by atoms with E-state index in [9.17, 15) is 0 Å². The summed E-state index contributed by atoms with van der Waals surface area (Å²) in [4.78, 5) is 33.7. The predicted octanol–water partition coefficient (Wildman–Crippen LogP) is 5.71. The highest BCUT2D eigenvalue weighted by Crippen LogP contribution is 2.29. The summed E-state index contributed by atoms with van der Waals surface area (Å²) in [6, 6.07) is 0. The molecule has 0 aliphatic carbocycles. The van der Waals surface area contributed by atoms with Gasteiger partial charge in [-0.3, -0.25) is 0 Å². The van der Waals surface area contributed by atoms with Crippen LogP contribution in [0.1, 0.15) is 94.9 Å². The molecule has 0 bridgehead atoms. The van der Waals surface area contributed by atoms with Gasteiger partial charge in [-0.2, -0.15) is 9.78 Å². The minimum absolute atomic E-state index is 0.250. The molecule has 0 saturated heterocycles. The van der Waals surface area contributed by atoms with Crippen LogP contribution >= 0.6 is 0 Å². The summed E-state index contributed by atoms with van der Waals surface area (Å²) in [6.07, 6.45) is 2.10. The van der Waals surface area contributed by atoms with Gasteiger partial charge in [0.15, 0.2) is 6.10 Å². The number of unbranched alkanes of at least 4 members (excludes halogenated alkanes) is 2. The van der Waals surface area contributed by atoms with E-state index < -0.39 is 28.7 Å². The molecular weight excluding hydrogens is 360 g/mol. The summed E-state index contributed by atoms with van der Waals surface area (Å²) in [5, 5.41) is 0. The molecule has 0 aromatic rings. The van der Waals surface area contributed by atoms with Gasteiger partial charge in [-0.25, -0.2) is 19.6 Å². The second kappa shape index (κ2) is 11.5. The molecule has 0 rings (SSSR count). The third-order valence-electron chi connectivity index (χ3n) is 2.85. The molecule has 0 aromatic heterocycles. The summed E-state index contributed by atoms with van der Waals surface area (Å²) in [5.41, 5.74) is -1.74. The lowest BCUT2D eigenvalue weighted by atomic mass is 10.1. The Kier molecular flexibility index (Phi) is 11.2. The first kappa shape index (κ1) is 27.3. The Hall–Kier alpha value is -0.680. The van der Waals surface area contributed by atoms with Crippen molar-refractivity contribution < 1.29 is 29.3 Å². The molecule has 6 nitrogen and oxygen atoms in total. The molecule has 0 amide bonds. The van der Waals surface area contributed by atoms with E-state index in [1.165, 1.54) is 0 Å². The fourth-order valence-corrected chi connectivity index (χ4v) is 1.57. The van der Waals surface area contributed by atoms with E-state index in [0.29, 0.717) is 6.42 Å². The zero-order valence-electron chi connectivity index (χ0n) is 19.6. The van der Waals surface area contributed by atoms with Crippen molar-refractivity contribution >= 4 is 0 Å². The van der Waals surface area contributed by atoms with Crippen LogP contribution in [0.5, 0.6) is 0 Å². The van der Waals surface area contributed by atoms with Gasteiger partial charge >= 0.3 is 5.79 Å². The minimum Gasteiger partial charge on any atom is -0.230 e. The number of hydrogen-bond acceptors (Lipinski definition) is 6. The van der Waals surface area contributed by atoms with E-state index in [-0.39, 0.29) is 6.42 Å². The van der Waals surface area contributed by atoms with Crippen LogP contribution in [-0.4, -0.2) is 28.7 Å². The van der Waals surface area contributed by atoms with Gasteiger partial charge in [-0.15, -0.1) is 0 Å². The highest BCUT2D eigenvalue weighted by atomic mass is 17.3. The molecule has 0 spiro atoms. The van der Waals surface area contributed by atoms with E-state index in [1.807, 2.05) is 62.3 Å². The van der Waals surface area contributed by atoms with Crippen LogP contribution in [0.25, 0.3) is 0 Å². The normalized spacial score (nSPS) is 14.5. The van der Waals surface area contributed by atoms with E-state index in [1.54, 1.807) is 0 Å². The van der Waals surface area contributed by atoms with Gasteiger partial charge in [0.2, 0.25) is 0 Å². The molecule has 0 heterocycles. The highest BCUT2D eigenvalue weighted by molar-refractivity contribution is 5.13. The van der Waals surface area contributed by atoms with Gasteiger partial charge in [0, 0.05) is 6.42 Å². The van der Waals surface area contributed by atoms with Gasteiger partial charge in [0.05, 0.1) is 16.8 Å². The largest absolute Gasteiger partial charge is 0.322 e. The molecule has 0 aliphatic rings. The molecule has 6 heteroatoms. The lowest BCUT2D eigenvalue weighted by Crippen LogP contribution is -2.50. The van der Waals surface area contributed by atoms with Crippen LogP contribution in [-0.2, 0) is 29.3 Å². The van der Waals surface area contributed by atoms with Crippen molar-refractivity contribution in [2.45, 2.75) is 124 Å². The first-order valence-electron chi connectivity index (χ1n) is 10.0. The number of hydrogen-bond donors (Lipinski definition) is 0. The maximum absolute atomic E-state index is 5.72. The van der Waals surface area contributed by atoms with Crippen LogP contribution in [0.15, 0.2) is 0 Å². The van der Waals surface area contributed by atoms with Crippen LogP contribution in [0.3, 0.4) is 0 Å². The standard InChI is InChI=1S/C22H41O6/c1-12-14-15-16-17-22(27-25-20(6,7)8,28-26-21(9,10)11)18(13-2)23-24-19(3,4)5/h18H,2,12-15H2,1,3-11H3. The van der Waals surface area contributed by atoms with Crippen molar-refractivity contribution in [3.05, 3.63) is 6.92 Å². The predicted molar refractivity (Wildman–Crippen MR) is 110 cm³/mol. The zero-order valence-corrected chi connectivity index (χ0v) is 19.6. The lowest BCUT2D eigenvalue weighted by Gasteiger charge is -2.36. The number of rotatable bonds is 10. The van der Waals surface area contributed by atoms with Crippen molar-refractivity contribution in [1.82, 2.24) is 0 Å². The average Bonchev–Trinajstić information content (AvgIpc) is 2.52. The lowest BCUT2D eigenvalue weighted by molar-refractivity contribution is -0.554. The topological polar surface area (TPSA) is 55.4 Å². The highest BCUT2D eigenvalue weighted by Gasteiger charge is 2.47. The molecule has 1 radical (unpaired) electrons. The summed E-state index contributed by atoms with van der Waals surface area (Å²) >= 11 is 0. The van der Waals surface area contributed by atoms with Crippen LogP contribution in [0, 0.1) is 18.8 Å². The molecule has 0 aromatic carbocycles. The van der Waals surface area contributed by atoms with E-state index in [4.69, 9.17) is 29.3 Å². The average molecular weight is 402 g/mol. The summed E-state index contributed by atoms with van der Waals surface area (Å²) in [6.45, 7) is 22.8. The van der Waals surface area contributed by atoms with E-state index in [2.05, 4.69) is 25.7 Å². The Labute approximate surface area is 172 Å². The Morgan fingerprint density at radius 2 is 1.21 bits per heavy atom. The fraction of sp³-hybridized carbons (Fsp3) is 0.864.